The molecule has 8 heteroatoms. The normalized spacial score (nSPS) is 17.2. The Kier molecular flexibility index (Phi) is 6.65. The SMILES string of the molecule is CCOc1ccc(CN2CCNC(=O)[C@@H]2CC(=O)N(C)Cc2ccon2)cc1. The van der Waals surface area contributed by atoms with Crippen molar-refractivity contribution in [2.24, 2.45) is 0 Å². The molecule has 1 fully saturated rings. The van der Waals surface area contributed by atoms with E-state index in [-0.39, 0.29) is 18.2 Å². The van der Waals surface area contributed by atoms with E-state index in [1.165, 1.54) is 6.26 Å². The number of hydrogen-bond acceptors (Lipinski definition) is 6. The van der Waals surface area contributed by atoms with Crippen molar-refractivity contribution in [1.82, 2.24) is 20.3 Å². The quantitative estimate of drug-likeness (QED) is 0.738. The molecule has 150 valence electrons. The summed E-state index contributed by atoms with van der Waals surface area (Å²) in [6.45, 7) is 4.80. The van der Waals surface area contributed by atoms with Gasteiger partial charge in [0.15, 0.2) is 0 Å². The molecular weight excluding hydrogens is 360 g/mol. The van der Waals surface area contributed by atoms with Gasteiger partial charge in [0.25, 0.3) is 0 Å². The zero-order valence-electron chi connectivity index (χ0n) is 16.3. The van der Waals surface area contributed by atoms with E-state index in [1.807, 2.05) is 31.2 Å². The number of aromatic nitrogens is 1. The minimum atomic E-state index is -0.493. The highest BCUT2D eigenvalue weighted by molar-refractivity contribution is 5.88. The van der Waals surface area contributed by atoms with Crippen LogP contribution in [-0.4, -0.2) is 59.6 Å². The number of amides is 2. The summed E-state index contributed by atoms with van der Waals surface area (Å²) in [5, 5.41) is 6.69. The van der Waals surface area contributed by atoms with Crippen molar-refractivity contribution in [2.45, 2.75) is 32.5 Å². The summed E-state index contributed by atoms with van der Waals surface area (Å²) in [6.07, 6.45) is 1.60. The first-order valence-electron chi connectivity index (χ1n) is 9.43. The van der Waals surface area contributed by atoms with Gasteiger partial charge in [0, 0.05) is 32.7 Å². The molecule has 2 heterocycles. The molecule has 1 atom stereocenters. The first-order valence-corrected chi connectivity index (χ1v) is 9.43. The van der Waals surface area contributed by atoms with Crippen molar-refractivity contribution in [3.05, 3.63) is 47.9 Å². The lowest BCUT2D eigenvalue weighted by Crippen LogP contribution is -2.56. The van der Waals surface area contributed by atoms with Gasteiger partial charge in [-0.25, -0.2) is 0 Å². The van der Waals surface area contributed by atoms with E-state index in [0.717, 1.165) is 11.3 Å². The minimum absolute atomic E-state index is 0.109. The summed E-state index contributed by atoms with van der Waals surface area (Å²) in [7, 11) is 1.70. The topological polar surface area (TPSA) is 87.9 Å². The highest BCUT2D eigenvalue weighted by Gasteiger charge is 2.32. The van der Waals surface area contributed by atoms with Crippen molar-refractivity contribution in [3.8, 4) is 5.75 Å². The third-order valence-electron chi connectivity index (χ3n) is 4.75. The molecule has 2 amide bonds. The largest absolute Gasteiger partial charge is 0.494 e. The van der Waals surface area contributed by atoms with Crippen LogP contribution in [0.5, 0.6) is 5.75 Å². The summed E-state index contributed by atoms with van der Waals surface area (Å²) >= 11 is 0. The van der Waals surface area contributed by atoms with Crippen LogP contribution in [0, 0.1) is 0 Å². The summed E-state index contributed by atoms with van der Waals surface area (Å²) in [4.78, 5) is 28.7. The van der Waals surface area contributed by atoms with Crippen LogP contribution in [0.15, 0.2) is 41.1 Å². The van der Waals surface area contributed by atoms with Crippen LogP contribution in [0.4, 0.5) is 0 Å². The third-order valence-corrected chi connectivity index (χ3v) is 4.75. The second kappa shape index (κ2) is 9.36. The molecule has 0 spiro atoms. The Morgan fingerprint density at radius 1 is 1.36 bits per heavy atom. The Balaban J connectivity index is 1.63. The van der Waals surface area contributed by atoms with Gasteiger partial charge in [-0.3, -0.25) is 14.5 Å². The van der Waals surface area contributed by atoms with Gasteiger partial charge in [0.2, 0.25) is 11.8 Å². The van der Waals surface area contributed by atoms with Crippen LogP contribution in [0.25, 0.3) is 0 Å². The predicted octanol–water partition coefficient (Wildman–Crippen LogP) is 1.42. The maximum absolute atomic E-state index is 12.6. The summed E-state index contributed by atoms with van der Waals surface area (Å²) in [5.41, 5.74) is 1.75. The number of piperazine rings is 1. The van der Waals surface area contributed by atoms with E-state index >= 15 is 0 Å². The Morgan fingerprint density at radius 3 is 2.82 bits per heavy atom. The molecule has 0 radical (unpaired) electrons. The molecule has 0 unspecified atom stereocenters. The van der Waals surface area contributed by atoms with E-state index in [1.54, 1.807) is 18.0 Å². The van der Waals surface area contributed by atoms with Crippen LogP contribution in [0.1, 0.15) is 24.6 Å². The van der Waals surface area contributed by atoms with Crippen LogP contribution < -0.4 is 10.1 Å². The first-order chi connectivity index (χ1) is 13.6. The third kappa shape index (κ3) is 5.10. The lowest BCUT2D eigenvalue weighted by Gasteiger charge is -2.35. The van der Waals surface area contributed by atoms with Gasteiger partial charge in [-0.1, -0.05) is 17.3 Å². The Morgan fingerprint density at radius 2 is 2.14 bits per heavy atom. The van der Waals surface area contributed by atoms with Gasteiger partial charge in [-0.2, -0.15) is 0 Å². The number of rotatable bonds is 8. The van der Waals surface area contributed by atoms with Crippen LogP contribution in [0.2, 0.25) is 0 Å². The zero-order chi connectivity index (χ0) is 19.9. The Bertz CT molecular complexity index is 776. The van der Waals surface area contributed by atoms with Crippen molar-refractivity contribution in [1.29, 1.82) is 0 Å². The van der Waals surface area contributed by atoms with Crippen LogP contribution in [-0.2, 0) is 22.7 Å². The molecule has 1 aliphatic heterocycles. The van der Waals surface area contributed by atoms with Crippen molar-refractivity contribution in [3.63, 3.8) is 0 Å². The first kappa shape index (κ1) is 19.9. The number of carbonyl (C=O) groups excluding carboxylic acids is 2. The van der Waals surface area contributed by atoms with Gasteiger partial charge < -0.3 is 19.5 Å². The van der Waals surface area contributed by atoms with E-state index in [2.05, 4.69) is 15.4 Å². The van der Waals surface area contributed by atoms with Crippen molar-refractivity contribution >= 4 is 11.8 Å². The second-order valence-electron chi connectivity index (χ2n) is 6.80. The van der Waals surface area contributed by atoms with Gasteiger partial charge in [0.1, 0.15) is 17.7 Å². The number of carbonyl (C=O) groups is 2. The van der Waals surface area contributed by atoms with Gasteiger partial charge in [-0.05, 0) is 24.6 Å². The number of hydrogen-bond donors (Lipinski definition) is 1. The van der Waals surface area contributed by atoms with Gasteiger partial charge >= 0.3 is 0 Å². The number of benzene rings is 1. The molecule has 2 aromatic rings. The highest BCUT2D eigenvalue weighted by Crippen LogP contribution is 2.18. The molecule has 8 nitrogen and oxygen atoms in total. The number of nitrogens with zero attached hydrogens (tertiary/aromatic N) is 3. The standard InChI is InChI=1S/C20H26N4O4/c1-3-27-17-6-4-15(5-7-17)13-24-10-9-21-20(26)18(24)12-19(25)23(2)14-16-8-11-28-22-16/h4-8,11,18H,3,9-10,12-14H2,1-2H3,(H,21,26)/t18-/m0/s1. The van der Waals surface area contributed by atoms with Crippen LogP contribution in [0.3, 0.4) is 0 Å². The highest BCUT2D eigenvalue weighted by atomic mass is 16.5. The molecule has 1 N–H and O–H groups in total. The van der Waals surface area contributed by atoms with Gasteiger partial charge in [0.05, 0.1) is 25.6 Å². The van der Waals surface area contributed by atoms with E-state index in [9.17, 15) is 9.59 Å². The fraction of sp³-hybridized carbons (Fsp3) is 0.450. The van der Waals surface area contributed by atoms with E-state index < -0.39 is 6.04 Å². The molecule has 1 aromatic heterocycles. The smallest absolute Gasteiger partial charge is 0.237 e. The van der Waals surface area contributed by atoms with Crippen molar-refractivity contribution in [2.75, 3.05) is 26.7 Å². The van der Waals surface area contributed by atoms with E-state index in [4.69, 9.17) is 9.26 Å². The molecule has 0 saturated carbocycles. The van der Waals surface area contributed by atoms with E-state index in [0.29, 0.717) is 38.5 Å². The number of nitrogens with one attached hydrogen (secondary N) is 1. The van der Waals surface area contributed by atoms with Crippen LogP contribution >= 0.6 is 0 Å². The Labute approximate surface area is 164 Å². The fourth-order valence-electron chi connectivity index (χ4n) is 3.24. The predicted molar refractivity (Wildman–Crippen MR) is 102 cm³/mol. The molecule has 0 aliphatic carbocycles. The second-order valence-corrected chi connectivity index (χ2v) is 6.80. The summed E-state index contributed by atoms with van der Waals surface area (Å²) < 4.78 is 10.3. The average molecular weight is 386 g/mol. The average Bonchev–Trinajstić information content (AvgIpc) is 3.19. The molecule has 3 rings (SSSR count). The lowest BCUT2D eigenvalue weighted by molar-refractivity contribution is -0.138. The molecule has 28 heavy (non-hydrogen) atoms. The lowest BCUT2D eigenvalue weighted by atomic mass is 10.1. The maximum atomic E-state index is 12.6. The summed E-state index contributed by atoms with van der Waals surface area (Å²) in [5.74, 6) is 0.603. The molecule has 0 bridgehead atoms. The zero-order valence-corrected chi connectivity index (χ0v) is 16.3. The monoisotopic (exact) mass is 386 g/mol. The minimum Gasteiger partial charge on any atom is -0.494 e. The fourth-order valence-corrected chi connectivity index (χ4v) is 3.24. The molecular formula is C20H26N4O4. The van der Waals surface area contributed by atoms with Gasteiger partial charge in [-0.15, -0.1) is 0 Å². The molecule has 1 aromatic carbocycles. The van der Waals surface area contributed by atoms with Crippen molar-refractivity contribution < 1.29 is 18.8 Å². The maximum Gasteiger partial charge on any atom is 0.237 e. The number of ether oxygens (including phenoxy) is 1. The molecule has 1 saturated heterocycles. The Hall–Kier alpha value is -2.87. The molecule has 1 aliphatic rings. The summed E-state index contributed by atoms with van der Waals surface area (Å²) in [6, 6.07) is 9.06.